The average Bonchev–Trinajstić information content (AvgIpc) is 3.71. The van der Waals surface area contributed by atoms with E-state index in [0.29, 0.717) is 36.1 Å². The van der Waals surface area contributed by atoms with E-state index in [-0.39, 0.29) is 35.8 Å². The summed E-state index contributed by atoms with van der Waals surface area (Å²) in [6.07, 6.45) is 3.94. The molecule has 35 heavy (non-hydrogen) atoms. The van der Waals surface area contributed by atoms with Gasteiger partial charge in [-0.25, -0.2) is 0 Å². The van der Waals surface area contributed by atoms with Gasteiger partial charge in [0.05, 0.1) is 11.7 Å². The first-order valence-corrected chi connectivity index (χ1v) is 13.0. The molecule has 3 atom stereocenters. The van der Waals surface area contributed by atoms with Crippen LogP contribution in [-0.2, 0) is 14.3 Å². The van der Waals surface area contributed by atoms with E-state index < -0.39 is 0 Å². The number of methoxy groups -OCH3 is 1. The SMILES string of the molecule is CO[C@H]1CN(C)C(=O)c2cc(NC(=O)C3CC3)ccc2OC[C@H](C)N(CC2CCOCC2)C[C@H]1C. The Morgan fingerprint density at radius 3 is 2.57 bits per heavy atom. The highest BCUT2D eigenvalue weighted by Crippen LogP contribution is 2.32. The minimum Gasteiger partial charge on any atom is -0.491 e. The number of nitrogens with zero attached hydrogens (tertiary/aromatic N) is 2. The molecule has 1 N–H and O–H groups in total. The van der Waals surface area contributed by atoms with E-state index in [2.05, 4.69) is 24.1 Å². The van der Waals surface area contributed by atoms with Crippen LogP contribution in [0.3, 0.4) is 0 Å². The molecule has 1 saturated carbocycles. The van der Waals surface area contributed by atoms with E-state index in [1.54, 1.807) is 31.2 Å². The minimum atomic E-state index is -0.135. The summed E-state index contributed by atoms with van der Waals surface area (Å²) < 4.78 is 17.7. The summed E-state index contributed by atoms with van der Waals surface area (Å²) >= 11 is 0. The third-order valence-electron chi connectivity index (χ3n) is 7.62. The first-order chi connectivity index (χ1) is 16.9. The number of anilines is 1. The van der Waals surface area contributed by atoms with Crippen LogP contribution in [0.1, 0.15) is 49.9 Å². The Labute approximate surface area is 209 Å². The van der Waals surface area contributed by atoms with Gasteiger partial charge in [0.25, 0.3) is 5.91 Å². The minimum absolute atomic E-state index is 0.0190. The molecule has 3 aliphatic rings. The second-order valence-electron chi connectivity index (χ2n) is 10.6. The molecule has 1 aliphatic carbocycles. The highest BCUT2D eigenvalue weighted by Gasteiger charge is 2.31. The van der Waals surface area contributed by atoms with Crippen LogP contribution in [0.2, 0.25) is 0 Å². The maximum absolute atomic E-state index is 13.5. The Morgan fingerprint density at radius 1 is 1.14 bits per heavy atom. The van der Waals surface area contributed by atoms with Gasteiger partial charge in [0.2, 0.25) is 5.91 Å². The maximum Gasteiger partial charge on any atom is 0.257 e. The number of amides is 2. The Hall–Kier alpha value is -2.16. The third-order valence-corrected chi connectivity index (χ3v) is 7.62. The molecule has 0 aromatic heterocycles. The monoisotopic (exact) mass is 487 g/mol. The molecule has 194 valence electrons. The molecular formula is C27H41N3O5. The summed E-state index contributed by atoms with van der Waals surface area (Å²) in [7, 11) is 3.52. The van der Waals surface area contributed by atoms with Gasteiger partial charge in [-0.1, -0.05) is 6.92 Å². The van der Waals surface area contributed by atoms with Crippen LogP contribution >= 0.6 is 0 Å². The molecule has 0 spiro atoms. The van der Waals surface area contributed by atoms with Crippen LogP contribution in [-0.4, -0.2) is 87.4 Å². The number of fused-ring (bicyclic) bond motifs is 1. The fourth-order valence-electron chi connectivity index (χ4n) is 5.03. The van der Waals surface area contributed by atoms with E-state index in [1.807, 2.05) is 6.07 Å². The Kier molecular flexibility index (Phi) is 8.68. The zero-order chi connectivity index (χ0) is 24.9. The van der Waals surface area contributed by atoms with Crippen molar-refractivity contribution in [3.05, 3.63) is 23.8 Å². The molecule has 2 heterocycles. The molecule has 1 saturated heterocycles. The lowest BCUT2D eigenvalue weighted by Crippen LogP contribution is -2.48. The van der Waals surface area contributed by atoms with E-state index in [1.165, 1.54) is 0 Å². The van der Waals surface area contributed by atoms with Crippen molar-refractivity contribution in [1.29, 1.82) is 0 Å². The summed E-state index contributed by atoms with van der Waals surface area (Å²) in [5, 5.41) is 2.96. The summed E-state index contributed by atoms with van der Waals surface area (Å²) in [6.45, 7) is 8.89. The van der Waals surface area contributed by atoms with Crippen molar-refractivity contribution >= 4 is 17.5 Å². The van der Waals surface area contributed by atoms with E-state index in [9.17, 15) is 9.59 Å². The molecule has 2 amide bonds. The number of nitrogens with one attached hydrogen (secondary N) is 1. The van der Waals surface area contributed by atoms with Crippen molar-refractivity contribution in [1.82, 2.24) is 9.80 Å². The van der Waals surface area contributed by atoms with Crippen molar-refractivity contribution < 1.29 is 23.8 Å². The number of carbonyl (C=O) groups is 2. The second kappa shape index (κ2) is 11.7. The number of ether oxygens (including phenoxy) is 3. The first kappa shape index (κ1) is 25.9. The Morgan fingerprint density at radius 2 is 1.89 bits per heavy atom. The molecule has 0 unspecified atom stereocenters. The Bertz CT molecular complexity index is 884. The van der Waals surface area contributed by atoms with Crippen molar-refractivity contribution in [3.63, 3.8) is 0 Å². The number of hydrogen-bond acceptors (Lipinski definition) is 6. The molecule has 0 bridgehead atoms. The number of carbonyl (C=O) groups excluding carboxylic acids is 2. The smallest absolute Gasteiger partial charge is 0.257 e. The number of rotatable bonds is 5. The predicted octanol–water partition coefficient (Wildman–Crippen LogP) is 3.27. The predicted molar refractivity (Wildman–Crippen MR) is 135 cm³/mol. The van der Waals surface area contributed by atoms with Crippen LogP contribution in [0.4, 0.5) is 5.69 Å². The van der Waals surface area contributed by atoms with Gasteiger partial charge in [-0.05, 0) is 62.6 Å². The largest absolute Gasteiger partial charge is 0.491 e. The molecule has 1 aromatic carbocycles. The van der Waals surface area contributed by atoms with Gasteiger partial charge in [0, 0.05) is 64.7 Å². The number of likely N-dealkylation sites (N-methyl/N-ethyl adjacent to an activating group) is 1. The fourth-order valence-corrected chi connectivity index (χ4v) is 5.03. The highest BCUT2D eigenvalue weighted by molar-refractivity contribution is 6.00. The van der Waals surface area contributed by atoms with Gasteiger partial charge in [-0.3, -0.25) is 14.5 Å². The van der Waals surface area contributed by atoms with E-state index in [0.717, 1.165) is 52.0 Å². The van der Waals surface area contributed by atoms with Gasteiger partial charge in [0.15, 0.2) is 0 Å². The standard InChI is InChI=1S/C27H41N3O5/c1-18-14-30(15-20-9-11-34-12-10-20)19(2)17-35-24-8-7-22(28-26(31)21-5-6-21)13-23(24)27(32)29(3)16-25(18)33-4/h7-8,13,18-21,25H,5-6,9-12,14-17H2,1-4H3,(H,28,31)/t18-,19+,25+/m1/s1. The summed E-state index contributed by atoms with van der Waals surface area (Å²) in [5.41, 5.74) is 1.09. The van der Waals surface area contributed by atoms with Crippen LogP contribution < -0.4 is 10.1 Å². The van der Waals surface area contributed by atoms with Gasteiger partial charge in [-0.2, -0.15) is 0 Å². The van der Waals surface area contributed by atoms with Gasteiger partial charge in [-0.15, -0.1) is 0 Å². The molecule has 2 fully saturated rings. The maximum atomic E-state index is 13.5. The van der Waals surface area contributed by atoms with E-state index >= 15 is 0 Å². The molecule has 1 aromatic rings. The first-order valence-electron chi connectivity index (χ1n) is 13.0. The van der Waals surface area contributed by atoms with E-state index in [4.69, 9.17) is 14.2 Å². The molecule has 2 aliphatic heterocycles. The van der Waals surface area contributed by atoms with Gasteiger partial charge in [0.1, 0.15) is 12.4 Å². The van der Waals surface area contributed by atoms with Crippen molar-refractivity contribution in [2.45, 2.75) is 51.7 Å². The van der Waals surface area contributed by atoms with Crippen molar-refractivity contribution in [2.75, 3.05) is 58.9 Å². The lowest BCUT2D eigenvalue weighted by atomic mass is 9.96. The number of hydrogen-bond donors (Lipinski definition) is 1. The average molecular weight is 488 g/mol. The quantitative estimate of drug-likeness (QED) is 0.687. The Balaban J connectivity index is 1.58. The van der Waals surface area contributed by atoms with Crippen molar-refractivity contribution in [3.8, 4) is 5.75 Å². The van der Waals surface area contributed by atoms with Gasteiger partial charge >= 0.3 is 0 Å². The summed E-state index contributed by atoms with van der Waals surface area (Å²) in [6, 6.07) is 5.55. The summed E-state index contributed by atoms with van der Waals surface area (Å²) in [5.74, 6) is 1.38. The lowest BCUT2D eigenvalue weighted by molar-refractivity contribution is -0.117. The van der Waals surface area contributed by atoms with Crippen LogP contribution in [0.15, 0.2) is 18.2 Å². The zero-order valence-corrected chi connectivity index (χ0v) is 21.6. The molecule has 8 nitrogen and oxygen atoms in total. The molecule has 8 heteroatoms. The molecule has 4 rings (SSSR count). The zero-order valence-electron chi connectivity index (χ0n) is 21.6. The fraction of sp³-hybridized carbons (Fsp3) is 0.704. The second-order valence-corrected chi connectivity index (χ2v) is 10.6. The summed E-state index contributed by atoms with van der Waals surface area (Å²) in [4.78, 5) is 30.0. The lowest BCUT2D eigenvalue weighted by Gasteiger charge is -2.38. The van der Waals surface area contributed by atoms with Crippen LogP contribution in [0.25, 0.3) is 0 Å². The van der Waals surface area contributed by atoms with Crippen LogP contribution in [0, 0.1) is 17.8 Å². The number of benzene rings is 1. The van der Waals surface area contributed by atoms with Gasteiger partial charge < -0.3 is 24.4 Å². The highest BCUT2D eigenvalue weighted by atomic mass is 16.5. The normalized spacial score (nSPS) is 27.4. The third kappa shape index (κ3) is 6.74. The van der Waals surface area contributed by atoms with Crippen LogP contribution in [0.5, 0.6) is 5.75 Å². The van der Waals surface area contributed by atoms with Crippen molar-refractivity contribution in [2.24, 2.45) is 17.8 Å². The molecular weight excluding hydrogens is 446 g/mol. The molecule has 0 radical (unpaired) electrons. The topological polar surface area (TPSA) is 80.3 Å².